The van der Waals surface area contributed by atoms with E-state index in [9.17, 15) is 4.79 Å². The van der Waals surface area contributed by atoms with Crippen LogP contribution in [0.4, 0.5) is 5.69 Å². The molecule has 0 fully saturated rings. The minimum absolute atomic E-state index is 0.000193. The maximum Gasteiger partial charge on any atom is 0.224 e. The highest BCUT2D eigenvalue weighted by atomic mass is 35.5. The molecule has 42 heavy (non-hydrogen) atoms. The molecule has 1 heterocycles. The summed E-state index contributed by atoms with van der Waals surface area (Å²) < 4.78 is 6.00. The summed E-state index contributed by atoms with van der Waals surface area (Å²) in [4.78, 5) is 19.0. The number of allylic oxidation sites excluding steroid dienone is 1. The summed E-state index contributed by atoms with van der Waals surface area (Å²) in [6.07, 6.45) is 21.0. The summed E-state index contributed by atoms with van der Waals surface area (Å²) in [5.74, 6) is 0.714. The first-order valence-electron chi connectivity index (χ1n) is 16.3. The van der Waals surface area contributed by atoms with Crippen molar-refractivity contribution in [2.45, 2.75) is 118 Å². The number of benzene rings is 2. The molecule has 0 aliphatic carbocycles. The molecule has 1 atom stereocenters. The van der Waals surface area contributed by atoms with E-state index in [1.165, 1.54) is 81.8 Å². The molecule has 0 saturated heterocycles. The van der Waals surface area contributed by atoms with Gasteiger partial charge in [0, 0.05) is 30.8 Å². The van der Waals surface area contributed by atoms with E-state index in [1.807, 2.05) is 41.4 Å². The summed E-state index contributed by atoms with van der Waals surface area (Å²) in [5.41, 5.74) is 4.25. The lowest BCUT2D eigenvalue weighted by atomic mass is 9.81. The average Bonchev–Trinajstić information content (AvgIpc) is 2.94. The van der Waals surface area contributed by atoms with Crippen molar-refractivity contribution in [1.29, 1.82) is 0 Å². The molecule has 0 aromatic heterocycles. The standard InChI is InChI=1S/C37H53ClN2O2/c1-5-6-7-8-9-10-11-12-13-14-15-16-22-42-36-21-20-33(24-35(36)38)28-40(31(3)41)34-19-17-18-32(23-34)26-37(4)25-30(2)27-39-29-37/h17-21,23-25,27H,5-16,22,26,28-29H2,1-4H3. The maximum atomic E-state index is 12.7. The number of halogens is 1. The zero-order valence-electron chi connectivity index (χ0n) is 26.6. The van der Waals surface area contributed by atoms with Crippen LogP contribution in [0.3, 0.4) is 0 Å². The third-order valence-electron chi connectivity index (χ3n) is 8.13. The van der Waals surface area contributed by atoms with Gasteiger partial charge in [0.1, 0.15) is 5.75 Å². The zero-order valence-corrected chi connectivity index (χ0v) is 27.4. The second-order valence-electron chi connectivity index (χ2n) is 12.5. The fourth-order valence-corrected chi connectivity index (χ4v) is 6.15. The Kier molecular flexibility index (Phi) is 14.7. The molecular weight excluding hydrogens is 540 g/mol. The topological polar surface area (TPSA) is 41.9 Å². The lowest BCUT2D eigenvalue weighted by molar-refractivity contribution is -0.116. The molecule has 0 spiro atoms. The third-order valence-corrected chi connectivity index (χ3v) is 8.42. The molecule has 0 radical (unpaired) electrons. The number of aliphatic imine (C=N–C) groups is 1. The Morgan fingerprint density at radius 3 is 2.21 bits per heavy atom. The van der Waals surface area contributed by atoms with Gasteiger partial charge in [-0.25, -0.2) is 0 Å². The van der Waals surface area contributed by atoms with Gasteiger partial charge in [0.25, 0.3) is 0 Å². The van der Waals surface area contributed by atoms with E-state index in [0.29, 0.717) is 23.9 Å². The van der Waals surface area contributed by atoms with Gasteiger partial charge in [0.15, 0.2) is 0 Å². The summed E-state index contributed by atoms with van der Waals surface area (Å²) in [7, 11) is 0. The van der Waals surface area contributed by atoms with Gasteiger partial charge in [-0.1, -0.05) is 120 Å². The van der Waals surface area contributed by atoms with E-state index in [1.54, 1.807) is 6.92 Å². The number of anilines is 1. The van der Waals surface area contributed by atoms with Gasteiger partial charge in [-0.3, -0.25) is 9.79 Å². The maximum absolute atomic E-state index is 12.7. The Morgan fingerprint density at radius 2 is 1.60 bits per heavy atom. The zero-order chi connectivity index (χ0) is 30.2. The highest BCUT2D eigenvalue weighted by molar-refractivity contribution is 6.32. The molecule has 3 rings (SSSR count). The SMILES string of the molecule is CCCCCCCCCCCCCCOc1ccc(CN(C(C)=O)c2cccc(CC3(C)C=C(C)C=NC3)c2)cc1Cl. The number of carbonyl (C=O) groups is 1. The van der Waals surface area contributed by atoms with Gasteiger partial charge in [-0.15, -0.1) is 0 Å². The Morgan fingerprint density at radius 1 is 0.929 bits per heavy atom. The Hall–Kier alpha value is -2.59. The van der Waals surface area contributed by atoms with Gasteiger partial charge in [0.2, 0.25) is 5.91 Å². The molecule has 5 heteroatoms. The fourth-order valence-electron chi connectivity index (χ4n) is 5.89. The molecular formula is C37H53ClN2O2. The lowest BCUT2D eigenvalue weighted by Gasteiger charge is -2.28. The van der Waals surface area contributed by atoms with E-state index in [-0.39, 0.29) is 11.3 Å². The molecule has 4 nitrogen and oxygen atoms in total. The molecule has 0 bridgehead atoms. The normalized spacial score (nSPS) is 16.4. The summed E-state index contributed by atoms with van der Waals surface area (Å²) >= 11 is 6.60. The van der Waals surface area contributed by atoms with Crippen LogP contribution in [0.2, 0.25) is 5.02 Å². The third kappa shape index (κ3) is 12.0. The first-order valence-corrected chi connectivity index (χ1v) is 16.6. The molecule has 1 aliphatic heterocycles. The molecule has 2 aromatic rings. The van der Waals surface area contributed by atoms with E-state index < -0.39 is 0 Å². The molecule has 2 aromatic carbocycles. The van der Waals surface area contributed by atoms with E-state index >= 15 is 0 Å². The quantitative estimate of drug-likeness (QED) is 0.152. The molecule has 0 saturated carbocycles. The van der Waals surface area contributed by atoms with Gasteiger partial charge in [-0.2, -0.15) is 0 Å². The van der Waals surface area contributed by atoms with Crippen LogP contribution in [0.5, 0.6) is 5.75 Å². The predicted octanol–water partition coefficient (Wildman–Crippen LogP) is 10.6. The highest BCUT2D eigenvalue weighted by Gasteiger charge is 2.24. The van der Waals surface area contributed by atoms with Crippen molar-refractivity contribution in [3.05, 3.63) is 70.3 Å². The monoisotopic (exact) mass is 592 g/mol. The fraction of sp³-hybridized carbons (Fsp3) is 0.568. The second kappa shape index (κ2) is 18.2. The molecule has 1 amide bonds. The van der Waals surface area contributed by atoms with Gasteiger partial charge in [-0.05, 0) is 60.7 Å². The van der Waals surface area contributed by atoms with Crippen molar-refractivity contribution < 1.29 is 9.53 Å². The largest absolute Gasteiger partial charge is 0.492 e. The summed E-state index contributed by atoms with van der Waals surface area (Å²) in [6.45, 7) is 10.1. The van der Waals surface area contributed by atoms with Crippen molar-refractivity contribution in [3.63, 3.8) is 0 Å². The van der Waals surface area contributed by atoms with Crippen LogP contribution in [-0.4, -0.2) is 25.3 Å². The van der Waals surface area contributed by atoms with Crippen molar-refractivity contribution in [3.8, 4) is 5.75 Å². The minimum Gasteiger partial charge on any atom is -0.492 e. The predicted molar refractivity (Wildman–Crippen MR) is 180 cm³/mol. The number of hydrogen-bond acceptors (Lipinski definition) is 3. The van der Waals surface area contributed by atoms with Crippen LogP contribution in [0.1, 0.15) is 116 Å². The summed E-state index contributed by atoms with van der Waals surface area (Å²) in [5, 5.41) is 0.594. The number of unbranched alkanes of at least 4 members (excludes halogenated alkanes) is 11. The van der Waals surface area contributed by atoms with Crippen LogP contribution in [-0.2, 0) is 17.8 Å². The number of ether oxygens (including phenoxy) is 1. The van der Waals surface area contributed by atoms with Gasteiger partial charge >= 0.3 is 0 Å². The van der Waals surface area contributed by atoms with Crippen LogP contribution < -0.4 is 9.64 Å². The van der Waals surface area contributed by atoms with Crippen molar-refractivity contribution in [1.82, 2.24) is 0 Å². The first-order chi connectivity index (χ1) is 20.3. The molecule has 0 N–H and O–H groups in total. The highest BCUT2D eigenvalue weighted by Crippen LogP contribution is 2.31. The number of nitrogens with zero attached hydrogens (tertiary/aromatic N) is 2. The average molecular weight is 593 g/mol. The first kappa shape index (κ1) is 33.9. The van der Waals surface area contributed by atoms with Gasteiger partial charge in [0.05, 0.1) is 18.2 Å². The van der Waals surface area contributed by atoms with E-state index in [4.69, 9.17) is 16.3 Å². The second-order valence-corrected chi connectivity index (χ2v) is 12.9. The van der Waals surface area contributed by atoms with E-state index in [2.05, 4.69) is 44.0 Å². The van der Waals surface area contributed by atoms with Crippen LogP contribution in [0, 0.1) is 5.41 Å². The number of rotatable bonds is 19. The van der Waals surface area contributed by atoms with Crippen molar-refractivity contribution >= 4 is 29.4 Å². The van der Waals surface area contributed by atoms with Crippen LogP contribution >= 0.6 is 11.6 Å². The lowest BCUT2D eigenvalue weighted by Crippen LogP contribution is -2.28. The van der Waals surface area contributed by atoms with Crippen molar-refractivity contribution in [2.75, 3.05) is 18.1 Å². The van der Waals surface area contributed by atoms with Crippen LogP contribution in [0.25, 0.3) is 0 Å². The number of carbonyl (C=O) groups excluding carboxylic acids is 1. The molecule has 230 valence electrons. The van der Waals surface area contributed by atoms with Crippen LogP contribution in [0.15, 0.2) is 59.1 Å². The number of hydrogen-bond donors (Lipinski definition) is 0. The number of amides is 1. The molecule has 1 unspecified atom stereocenters. The van der Waals surface area contributed by atoms with Gasteiger partial charge < -0.3 is 9.64 Å². The Bertz CT molecular complexity index is 1170. The smallest absolute Gasteiger partial charge is 0.224 e. The Balaban J connectivity index is 1.43. The van der Waals surface area contributed by atoms with E-state index in [0.717, 1.165) is 30.6 Å². The minimum atomic E-state index is -0.0187. The summed E-state index contributed by atoms with van der Waals surface area (Å²) in [6, 6.07) is 14.2. The Labute approximate surface area is 260 Å². The molecule has 1 aliphatic rings. The van der Waals surface area contributed by atoms with Crippen molar-refractivity contribution in [2.24, 2.45) is 10.4 Å². The number of dihydropyridines is 1.